The fourth-order valence-corrected chi connectivity index (χ4v) is 2.78. The Morgan fingerprint density at radius 1 is 1.32 bits per heavy atom. The number of rotatable bonds is 5. The summed E-state index contributed by atoms with van der Waals surface area (Å²) in [6, 6.07) is 8.04. The zero-order valence-corrected chi connectivity index (χ0v) is 13.1. The van der Waals surface area contributed by atoms with Crippen molar-refractivity contribution in [2.24, 2.45) is 5.92 Å². The molecule has 0 aliphatic carbocycles. The Kier molecular flexibility index (Phi) is 5.55. The summed E-state index contributed by atoms with van der Waals surface area (Å²) in [4.78, 5) is 24.8. The van der Waals surface area contributed by atoms with Crippen LogP contribution in [-0.4, -0.2) is 42.1 Å². The van der Waals surface area contributed by atoms with Gasteiger partial charge in [0.2, 0.25) is 5.91 Å². The van der Waals surface area contributed by atoms with Gasteiger partial charge in [0.05, 0.1) is 18.4 Å². The smallest absolute Gasteiger partial charge is 0.305 e. The molecule has 1 amide bonds. The molecule has 0 bridgehead atoms. The number of carboxylic acids is 1. The van der Waals surface area contributed by atoms with Crippen molar-refractivity contribution in [3.63, 3.8) is 0 Å². The minimum Gasteiger partial charge on any atom is -0.481 e. The van der Waals surface area contributed by atoms with Gasteiger partial charge in [-0.25, -0.2) is 0 Å². The van der Waals surface area contributed by atoms with Gasteiger partial charge in [-0.3, -0.25) is 9.59 Å². The van der Waals surface area contributed by atoms with E-state index in [1.807, 2.05) is 31.2 Å². The molecule has 1 fully saturated rings. The molecule has 1 aromatic rings. The topological polar surface area (TPSA) is 66.8 Å². The van der Waals surface area contributed by atoms with Crippen LogP contribution in [0.1, 0.15) is 36.5 Å². The Labute approximate surface area is 130 Å². The molecule has 0 radical (unpaired) electrons. The standard InChI is InChI=1S/C17H23NO4/c1-12-5-7-13(8-6-12)16-14(4-3-11-22-16)17(21)18(2)10-9-15(19)20/h5-8,14,16H,3-4,9-11H2,1-2H3,(H,19,20)/t14-,16-/m1/s1. The molecule has 1 aromatic carbocycles. The van der Waals surface area contributed by atoms with Crippen LogP contribution in [0.4, 0.5) is 0 Å². The predicted molar refractivity (Wildman–Crippen MR) is 82.5 cm³/mol. The second-order valence-corrected chi connectivity index (χ2v) is 5.85. The van der Waals surface area contributed by atoms with Crippen molar-refractivity contribution >= 4 is 11.9 Å². The van der Waals surface area contributed by atoms with E-state index in [4.69, 9.17) is 9.84 Å². The summed E-state index contributed by atoms with van der Waals surface area (Å²) in [6.07, 6.45) is 1.35. The largest absolute Gasteiger partial charge is 0.481 e. The molecule has 120 valence electrons. The first-order valence-electron chi connectivity index (χ1n) is 7.64. The van der Waals surface area contributed by atoms with Gasteiger partial charge in [0.25, 0.3) is 0 Å². The molecule has 2 rings (SSSR count). The zero-order chi connectivity index (χ0) is 16.1. The molecule has 0 saturated carbocycles. The van der Waals surface area contributed by atoms with Crippen LogP contribution in [0.2, 0.25) is 0 Å². The van der Waals surface area contributed by atoms with Crippen molar-refractivity contribution in [1.82, 2.24) is 4.90 Å². The highest BCUT2D eigenvalue weighted by molar-refractivity contribution is 5.80. The molecule has 0 aromatic heterocycles. The number of hydrogen-bond donors (Lipinski definition) is 1. The first kappa shape index (κ1) is 16.5. The maximum Gasteiger partial charge on any atom is 0.305 e. The summed E-state index contributed by atoms with van der Waals surface area (Å²) in [7, 11) is 1.66. The lowest BCUT2D eigenvalue weighted by molar-refractivity contribution is -0.145. The van der Waals surface area contributed by atoms with E-state index in [2.05, 4.69) is 0 Å². The average Bonchev–Trinajstić information content (AvgIpc) is 2.52. The maximum absolute atomic E-state index is 12.6. The molecule has 0 unspecified atom stereocenters. The Bertz CT molecular complexity index is 526. The highest BCUT2D eigenvalue weighted by Gasteiger charge is 2.34. The number of carbonyl (C=O) groups is 2. The van der Waals surface area contributed by atoms with Crippen molar-refractivity contribution in [2.45, 2.75) is 32.3 Å². The van der Waals surface area contributed by atoms with Crippen molar-refractivity contribution in [3.8, 4) is 0 Å². The van der Waals surface area contributed by atoms with Crippen molar-refractivity contribution < 1.29 is 19.4 Å². The summed E-state index contributed by atoms with van der Waals surface area (Å²) in [5.74, 6) is -1.17. The number of amides is 1. The Morgan fingerprint density at radius 2 is 2.00 bits per heavy atom. The SMILES string of the molecule is Cc1ccc([C@H]2OCCC[C@H]2C(=O)N(C)CCC(=O)O)cc1. The normalized spacial score (nSPS) is 21.4. The molecule has 2 atom stereocenters. The van der Waals surface area contributed by atoms with Gasteiger partial charge in [-0.15, -0.1) is 0 Å². The number of carbonyl (C=O) groups excluding carboxylic acids is 1. The van der Waals surface area contributed by atoms with Gasteiger partial charge in [0.15, 0.2) is 0 Å². The highest BCUT2D eigenvalue weighted by Crippen LogP contribution is 2.34. The second kappa shape index (κ2) is 7.40. The number of benzene rings is 1. The van der Waals surface area contributed by atoms with Gasteiger partial charge in [0.1, 0.15) is 0 Å². The third-order valence-electron chi connectivity index (χ3n) is 4.08. The first-order chi connectivity index (χ1) is 10.5. The van der Waals surface area contributed by atoms with E-state index in [9.17, 15) is 9.59 Å². The van der Waals surface area contributed by atoms with Gasteiger partial charge < -0.3 is 14.7 Å². The van der Waals surface area contributed by atoms with Crippen LogP contribution in [-0.2, 0) is 14.3 Å². The van der Waals surface area contributed by atoms with Crippen molar-refractivity contribution in [2.75, 3.05) is 20.2 Å². The molecule has 1 saturated heterocycles. The minimum absolute atomic E-state index is 0.0356. The van der Waals surface area contributed by atoms with Crippen molar-refractivity contribution in [3.05, 3.63) is 35.4 Å². The molecular weight excluding hydrogens is 282 g/mol. The number of carboxylic acid groups (broad SMARTS) is 1. The lowest BCUT2D eigenvalue weighted by atomic mass is 9.88. The van der Waals surface area contributed by atoms with Gasteiger partial charge >= 0.3 is 5.97 Å². The first-order valence-corrected chi connectivity index (χ1v) is 7.64. The van der Waals surface area contributed by atoms with E-state index < -0.39 is 5.97 Å². The van der Waals surface area contributed by atoms with Crippen LogP contribution in [0.25, 0.3) is 0 Å². The Balaban J connectivity index is 2.10. The highest BCUT2D eigenvalue weighted by atomic mass is 16.5. The number of aliphatic carboxylic acids is 1. The third-order valence-corrected chi connectivity index (χ3v) is 4.08. The number of aryl methyl sites for hydroxylation is 1. The van der Waals surface area contributed by atoms with E-state index >= 15 is 0 Å². The molecule has 1 N–H and O–H groups in total. The van der Waals surface area contributed by atoms with Crippen molar-refractivity contribution in [1.29, 1.82) is 0 Å². The van der Waals surface area contributed by atoms with Crippen LogP contribution in [0.5, 0.6) is 0 Å². The molecule has 1 aliphatic heterocycles. The zero-order valence-electron chi connectivity index (χ0n) is 13.1. The van der Waals surface area contributed by atoms with Crippen LogP contribution in [0.3, 0.4) is 0 Å². The predicted octanol–water partition coefficient (Wildman–Crippen LogP) is 2.40. The summed E-state index contributed by atoms with van der Waals surface area (Å²) in [5, 5.41) is 8.75. The van der Waals surface area contributed by atoms with Crippen LogP contribution >= 0.6 is 0 Å². The van der Waals surface area contributed by atoms with E-state index in [-0.39, 0.29) is 30.9 Å². The average molecular weight is 305 g/mol. The lowest BCUT2D eigenvalue weighted by Crippen LogP contribution is -2.39. The molecule has 1 heterocycles. The number of hydrogen-bond acceptors (Lipinski definition) is 3. The lowest BCUT2D eigenvalue weighted by Gasteiger charge is -2.33. The summed E-state index contributed by atoms with van der Waals surface area (Å²) in [6.45, 7) is 2.90. The molecule has 1 aliphatic rings. The number of nitrogens with zero attached hydrogens (tertiary/aromatic N) is 1. The van der Waals surface area contributed by atoms with E-state index in [0.29, 0.717) is 6.61 Å². The fourth-order valence-electron chi connectivity index (χ4n) is 2.78. The van der Waals surface area contributed by atoms with Gasteiger partial charge in [-0.05, 0) is 25.3 Å². The van der Waals surface area contributed by atoms with Crippen LogP contribution in [0, 0.1) is 12.8 Å². The van der Waals surface area contributed by atoms with E-state index in [1.165, 1.54) is 10.5 Å². The Hall–Kier alpha value is -1.88. The maximum atomic E-state index is 12.6. The second-order valence-electron chi connectivity index (χ2n) is 5.85. The van der Waals surface area contributed by atoms with Gasteiger partial charge in [-0.1, -0.05) is 29.8 Å². The summed E-state index contributed by atoms with van der Waals surface area (Å²) >= 11 is 0. The Morgan fingerprint density at radius 3 is 2.64 bits per heavy atom. The van der Waals surface area contributed by atoms with Gasteiger partial charge in [-0.2, -0.15) is 0 Å². The van der Waals surface area contributed by atoms with Gasteiger partial charge in [0, 0.05) is 20.2 Å². The van der Waals surface area contributed by atoms with E-state index in [1.54, 1.807) is 7.05 Å². The molecule has 0 spiro atoms. The third kappa shape index (κ3) is 4.07. The molecule has 5 nitrogen and oxygen atoms in total. The summed E-state index contributed by atoms with van der Waals surface area (Å²) in [5.41, 5.74) is 2.18. The minimum atomic E-state index is -0.894. The van der Waals surface area contributed by atoms with Crippen LogP contribution < -0.4 is 0 Å². The van der Waals surface area contributed by atoms with Crippen LogP contribution in [0.15, 0.2) is 24.3 Å². The monoisotopic (exact) mass is 305 g/mol. The quantitative estimate of drug-likeness (QED) is 0.907. The molecular formula is C17H23NO4. The molecule has 22 heavy (non-hydrogen) atoms. The summed E-state index contributed by atoms with van der Waals surface area (Å²) < 4.78 is 5.85. The van der Waals surface area contributed by atoms with E-state index in [0.717, 1.165) is 18.4 Å². The number of ether oxygens (including phenoxy) is 1. The fraction of sp³-hybridized carbons (Fsp3) is 0.529. The molecule has 5 heteroatoms.